The van der Waals surface area contributed by atoms with Crippen LogP contribution in [-0.4, -0.2) is 49.6 Å². The number of nitrogens with one attached hydrogen (secondary N) is 1. The Morgan fingerprint density at radius 2 is 1.89 bits per heavy atom. The Kier molecular flexibility index (Phi) is 4.46. The third-order valence-electron chi connectivity index (χ3n) is 5.07. The average molecular weight is 383 g/mol. The lowest BCUT2D eigenvalue weighted by atomic mass is 9.95. The molecule has 2 aliphatic rings. The van der Waals surface area contributed by atoms with Gasteiger partial charge >= 0.3 is 6.03 Å². The van der Waals surface area contributed by atoms with Crippen LogP contribution < -0.4 is 14.8 Å². The molecule has 28 heavy (non-hydrogen) atoms. The molecule has 0 radical (unpaired) electrons. The molecule has 0 aliphatic carbocycles. The minimum atomic E-state index is -0.586. The largest absolute Gasteiger partial charge is 0.497 e. The van der Waals surface area contributed by atoms with E-state index in [1.807, 2.05) is 6.07 Å². The van der Waals surface area contributed by atoms with Crippen molar-refractivity contribution in [3.05, 3.63) is 59.2 Å². The van der Waals surface area contributed by atoms with Crippen molar-refractivity contribution in [2.75, 3.05) is 27.8 Å². The number of urea groups is 1. The Morgan fingerprint density at radius 3 is 2.50 bits per heavy atom. The molecule has 8 heteroatoms. The quantitative estimate of drug-likeness (QED) is 0.856. The maximum Gasteiger partial charge on any atom is 0.322 e. The maximum atomic E-state index is 13.2. The second-order valence-corrected chi connectivity index (χ2v) is 6.69. The van der Waals surface area contributed by atoms with Crippen molar-refractivity contribution >= 4 is 11.9 Å². The summed E-state index contributed by atoms with van der Waals surface area (Å²) in [6.07, 6.45) is 1.58. The number of furan rings is 1. The number of ether oxygens (including phenoxy) is 2. The summed E-state index contributed by atoms with van der Waals surface area (Å²) in [5, 5.41) is 2.91. The Bertz CT molecular complexity index is 929. The molecule has 0 bridgehead atoms. The highest BCUT2D eigenvalue weighted by Gasteiger charge is 2.43. The van der Waals surface area contributed by atoms with Gasteiger partial charge in [-0.05, 0) is 29.8 Å². The van der Waals surface area contributed by atoms with Crippen LogP contribution in [-0.2, 0) is 11.3 Å². The summed E-state index contributed by atoms with van der Waals surface area (Å²) in [6, 6.07) is 8.09. The van der Waals surface area contributed by atoms with Crippen molar-refractivity contribution in [3.63, 3.8) is 0 Å². The lowest BCUT2D eigenvalue weighted by molar-refractivity contribution is -0.126. The Hall–Kier alpha value is -3.42. The van der Waals surface area contributed by atoms with Gasteiger partial charge in [-0.25, -0.2) is 4.79 Å². The van der Waals surface area contributed by atoms with E-state index >= 15 is 0 Å². The van der Waals surface area contributed by atoms with Crippen LogP contribution in [0.4, 0.5) is 4.79 Å². The predicted octanol–water partition coefficient (Wildman–Crippen LogP) is 2.29. The number of rotatable bonds is 5. The van der Waals surface area contributed by atoms with Gasteiger partial charge in [0.1, 0.15) is 17.3 Å². The summed E-state index contributed by atoms with van der Waals surface area (Å²) < 4.78 is 16.1. The number of carbonyl (C=O) groups is 2. The van der Waals surface area contributed by atoms with E-state index in [0.29, 0.717) is 41.6 Å². The normalized spacial score (nSPS) is 19.0. The lowest BCUT2D eigenvalue weighted by Gasteiger charge is -2.31. The molecule has 1 aromatic carbocycles. The summed E-state index contributed by atoms with van der Waals surface area (Å²) >= 11 is 0. The third kappa shape index (κ3) is 2.96. The second-order valence-electron chi connectivity index (χ2n) is 6.69. The SMILES string of the molecule is COc1cc(OC)cc(C2NC(=O)N(C)C3=C2C(=O)N(Cc2ccco2)C3)c1. The Balaban J connectivity index is 1.72. The third-order valence-corrected chi connectivity index (χ3v) is 5.07. The van der Waals surface area contributed by atoms with Crippen LogP contribution in [0.3, 0.4) is 0 Å². The van der Waals surface area contributed by atoms with Crippen LogP contribution in [0.15, 0.2) is 52.3 Å². The molecular formula is C20H21N3O5. The molecule has 4 rings (SSSR count). The molecule has 0 saturated heterocycles. The number of carbonyl (C=O) groups excluding carboxylic acids is 2. The van der Waals surface area contributed by atoms with E-state index in [1.165, 1.54) is 4.90 Å². The van der Waals surface area contributed by atoms with Crippen LogP contribution >= 0.6 is 0 Å². The summed E-state index contributed by atoms with van der Waals surface area (Å²) in [5.41, 5.74) is 1.95. The van der Waals surface area contributed by atoms with Crippen LogP contribution in [0.5, 0.6) is 11.5 Å². The zero-order valence-corrected chi connectivity index (χ0v) is 15.9. The van der Waals surface area contributed by atoms with E-state index in [0.717, 1.165) is 5.56 Å². The fraction of sp³-hybridized carbons (Fsp3) is 0.300. The van der Waals surface area contributed by atoms with Crippen molar-refractivity contribution in [2.24, 2.45) is 0 Å². The van der Waals surface area contributed by atoms with Crippen molar-refractivity contribution < 1.29 is 23.5 Å². The highest BCUT2D eigenvalue weighted by atomic mass is 16.5. The smallest absolute Gasteiger partial charge is 0.322 e. The highest BCUT2D eigenvalue weighted by Crippen LogP contribution is 2.38. The molecule has 3 heterocycles. The van der Waals surface area contributed by atoms with E-state index in [4.69, 9.17) is 13.9 Å². The molecule has 0 spiro atoms. The number of hydrogen-bond donors (Lipinski definition) is 1. The zero-order chi connectivity index (χ0) is 19.8. The van der Waals surface area contributed by atoms with Gasteiger partial charge in [0.25, 0.3) is 5.91 Å². The first-order valence-corrected chi connectivity index (χ1v) is 8.83. The van der Waals surface area contributed by atoms with Gasteiger partial charge in [-0.15, -0.1) is 0 Å². The topological polar surface area (TPSA) is 84.2 Å². The molecule has 0 fully saturated rings. The Morgan fingerprint density at radius 1 is 1.18 bits per heavy atom. The van der Waals surface area contributed by atoms with E-state index in [9.17, 15) is 9.59 Å². The summed E-state index contributed by atoms with van der Waals surface area (Å²) in [4.78, 5) is 28.9. The number of hydrogen-bond acceptors (Lipinski definition) is 5. The van der Waals surface area contributed by atoms with Crippen molar-refractivity contribution in [2.45, 2.75) is 12.6 Å². The van der Waals surface area contributed by atoms with Gasteiger partial charge in [0.05, 0.1) is 50.9 Å². The van der Waals surface area contributed by atoms with Gasteiger partial charge in [-0.3, -0.25) is 9.69 Å². The standard InChI is InChI=1S/C20H21N3O5/c1-22-16-11-23(10-13-5-4-6-28-13)19(24)17(16)18(21-20(22)25)12-7-14(26-2)9-15(8-12)27-3/h4-9,18H,10-11H2,1-3H3,(H,21,25). The van der Waals surface area contributed by atoms with Crippen molar-refractivity contribution in [3.8, 4) is 11.5 Å². The van der Waals surface area contributed by atoms with E-state index in [2.05, 4.69) is 5.32 Å². The van der Waals surface area contributed by atoms with Crippen LogP contribution in [0.2, 0.25) is 0 Å². The van der Waals surface area contributed by atoms with E-state index in [-0.39, 0.29) is 11.9 Å². The molecule has 2 aromatic rings. The second kappa shape index (κ2) is 6.95. The number of nitrogens with zero attached hydrogens (tertiary/aromatic N) is 2. The molecule has 8 nitrogen and oxygen atoms in total. The van der Waals surface area contributed by atoms with Crippen molar-refractivity contribution in [1.82, 2.24) is 15.1 Å². The lowest BCUT2D eigenvalue weighted by Crippen LogP contribution is -2.45. The van der Waals surface area contributed by atoms with Gasteiger partial charge in [-0.1, -0.05) is 0 Å². The highest BCUT2D eigenvalue weighted by molar-refractivity contribution is 6.01. The predicted molar refractivity (Wildman–Crippen MR) is 99.7 cm³/mol. The van der Waals surface area contributed by atoms with Gasteiger partial charge in [-0.2, -0.15) is 0 Å². The molecule has 3 amide bonds. The van der Waals surface area contributed by atoms with Gasteiger partial charge in [0.2, 0.25) is 0 Å². The van der Waals surface area contributed by atoms with E-state index in [1.54, 1.807) is 56.7 Å². The number of benzene rings is 1. The molecule has 1 N–H and O–H groups in total. The summed E-state index contributed by atoms with van der Waals surface area (Å²) in [7, 11) is 4.78. The molecule has 0 saturated carbocycles. The first kappa shape index (κ1) is 18.0. The molecule has 2 aliphatic heterocycles. The Labute approximate surface area is 162 Å². The first-order valence-electron chi connectivity index (χ1n) is 8.83. The fourth-order valence-corrected chi connectivity index (χ4v) is 3.59. The fourth-order valence-electron chi connectivity index (χ4n) is 3.59. The van der Waals surface area contributed by atoms with Gasteiger partial charge in [0, 0.05) is 13.1 Å². The van der Waals surface area contributed by atoms with E-state index < -0.39 is 6.04 Å². The molecule has 1 unspecified atom stereocenters. The maximum absolute atomic E-state index is 13.2. The monoisotopic (exact) mass is 383 g/mol. The molecule has 1 atom stereocenters. The first-order chi connectivity index (χ1) is 13.5. The van der Waals surface area contributed by atoms with Crippen molar-refractivity contribution in [1.29, 1.82) is 0 Å². The van der Waals surface area contributed by atoms with Gasteiger partial charge in [0.15, 0.2) is 0 Å². The van der Waals surface area contributed by atoms with Crippen LogP contribution in [0, 0.1) is 0 Å². The minimum Gasteiger partial charge on any atom is -0.497 e. The molecular weight excluding hydrogens is 362 g/mol. The number of amides is 3. The number of methoxy groups -OCH3 is 2. The molecule has 1 aromatic heterocycles. The minimum absolute atomic E-state index is 0.134. The average Bonchev–Trinajstić information content (AvgIpc) is 3.33. The summed E-state index contributed by atoms with van der Waals surface area (Å²) in [6.45, 7) is 0.686. The number of likely N-dealkylation sites (N-methyl/N-ethyl adjacent to an activating group) is 1. The molecule has 146 valence electrons. The van der Waals surface area contributed by atoms with Gasteiger partial charge < -0.3 is 24.1 Å². The van der Waals surface area contributed by atoms with Crippen LogP contribution in [0.25, 0.3) is 0 Å². The summed E-state index contributed by atoms with van der Waals surface area (Å²) in [5.74, 6) is 1.73. The van der Waals surface area contributed by atoms with Crippen LogP contribution in [0.1, 0.15) is 17.4 Å². The zero-order valence-electron chi connectivity index (χ0n) is 15.9.